The van der Waals surface area contributed by atoms with Crippen LogP contribution < -0.4 is 9.47 Å². The average molecular weight is 378 g/mol. The number of hydrogen-bond donors (Lipinski definition) is 0. The van der Waals surface area contributed by atoms with Crippen molar-refractivity contribution in [1.29, 1.82) is 0 Å². The molecule has 1 amide bonds. The van der Waals surface area contributed by atoms with Crippen LogP contribution in [0.1, 0.15) is 18.4 Å². The maximum Gasteiger partial charge on any atom is 0.242 e. The van der Waals surface area contributed by atoms with Crippen LogP contribution >= 0.6 is 0 Å². The lowest BCUT2D eigenvalue weighted by Crippen LogP contribution is -2.38. The van der Waals surface area contributed by atoms with Crippen LogP contribution in [0.15, 0.2) is 54.7 Å². The Balaban J connectivity index is 1.47. The van der Waals surface area contributed by atoms with Gasteiger partial charge >= 0.3 is 0 Å². The molecule has 0 radical (unpaired) electrons. The number of nitrogens with zero attached hydrogens (tertiary/aromatic N) is 2. The molecular weight excluding hydrogens is 352 g/mol. The van der Waals surface area contributed by atoms with Gasteiger partial charge in [0.25, 0.3) is 0 Å². The fraction of sp³-hybridized carbons (Fsp3) is 0.348. The molecule has 1 atom stereocenters. The van der Waals surface area contributed by atoms with Gasteiger partial charge in [-0.1, -0.05) is 12.1 Å². The summed E-state index contributed by atoms with van der Waals surface area (Å²) in [4.78, 5) is 15.1. The van der Waals surface area contributed by atoms with Crippen LogP contribution in [0.3, 0.4) is 0 Å². The van der Waals surface area contributed by atoms with Crippen molar-refractivity contribution < 1.29 is 14.3 Å². The van der Waals surface area contributed by atoms with Gasteiger partial charge in [0.05, 0.1) is 14.2 Å². The van der Waals surface area contributed by atoms with Crippen molar-refractivity contribution in [2.75, 3.05) is 20.8 Å². The highest BCUT2D eigenvalue weighted by molar-refractivity contribution is 5.84. The predicted octanol–water partition coefficient (Wildman–Crippen LogP) is 3.89. The molecule has 0 N–H and O–H groups in total. The Hall–Kier alpha value is -2.95. The zero-order valence-corrected chi connectivity index (χ0v) is 16.4. The van der Waals surface area contributed by atoms with Gasteiger partial charge in [0.2, 0.25) is 5.91 Å². The molecule has 5 heteroatoms. The smallest absolute Gasteiger partial charge is 0.242 e. The SMILES string of the molecule is COc1cccc(CC2CCCN2C(=O)Cn2ccc3cc(OC)ccc32)c1. The van der Waals surface area contributed by atoms with Gasteiger partial charge in [-0.3, -0.25) is 4.79 Å². The molecular formula is C23H26N2O3. The molecule has 1 aromatic heterocycles. The summed E-state index contributed by atoms with van der Waals surface area (Å²) in [7, 11) is 3.35. The van der Waals surface area contributed by atoms with E-state index in [1.807, 2.05) is 47.2 Å². The standard InChI is InChI=1S/C23H26N2O3/c1-27-20-7-3-5-17(14-20)13-19-6-4-11-25(19)23(26)16-24-12-10-18-15-21(28-2)8-9-22(18)24/h3,5,7-10,12,14-15,19H,4,6,11,13,16H2,1-2H3. The quantitative estimate of drug-likeness (QED) is 0.654. The van der Waals surface area contributed by atoms with Gasteiger partial charge in [-0.15, -0.1) is 0 Å². The molecule has 2 aromatic carbocycles. The van der Waals surface area contributed by atoms with E-state index in [-0.39, 0.29) is 11.9 Å². The monoisotopic (exact) mass is 378 g/mol. The average Bonchev–Trinajstić information content (AvgIpc) is 3.34. The second-order valence-electron chi connectivity index (χ2n) is 7.31. The second-order valence-corrected chi connectivity index (χ2v) is 7.31. The Morgan fingerprint density at radius 1 is 1.07 bits per heavy atom. The summed E-state index contributed by atoms with van der Waals surface area (Å²) in [5, 5.41) is 1.08. The highest BCUT2D eigenvalue weighted by Crippen LogP contribution is 2.25. The molecule has 0 bridgehead atoms. The molecule has 0 saturated carbocycles. The van der Waals surface area contributed by atoms with Gasteiger partial charge in [0.1, 0.15) is 18.0 Å². The third-order valence-electron chi connectivity index (χ3n) is 5.59. The number of rotatable bonds is 6. The number of amides is 1. The lowest BCUT2D eigenvalue weighted by Gasteiger charge is -2.25. The van der Waals surface area contributed by atoms with Gasteiger partial charge in [0.15, 0.2) is 0 Å². The Morgan fingerprint density at radius 2 is 1.89 bits per heavy atom. The zero-order chi connectivity index (χ0) is 19.5. The van der Waals surface area contributed by atoms with Crippen LogP contribution in [-0.4, -0.2) is 42.2 Å². The Kier molecular flexibility index (Phi) is 5.24. The minimum Gasteiger partial charge on any atom is -0.497 e. The molecule has 0 spiro atoms. The first kappa shape index (κ1) is 18.4. The topological polar surface area (TPSA) is 43.7 Å². The van der Waals surface area contributed by atoms with E-state index in [1.54, 1.807) is 14.2 Å². The molecule has 1 fully saturated rings. The normalized spacial score (nSPS) is 16.5. The number of fused-ring (bicyclic) bond motifs is 1. The van der Waals surface area contributed by atoms with Crippen molar-refractivity contribution in [2.24, 2.45) is 0 Å². The fourth-order valence-corrected chi connectivity index (χ4v) is 4.13. The second kappa shape index (κ2) is 7.97. The lowest BCUT2D eigenvalue weighted by molar-refractivity contribution is -0.132. The number of carbonyl (C=O) groups excluding carboxylic acids is 1. The van der Waals surface area contributed by atoms with Gasteiger partial charge in [-0.25, -0.2) is 0 Å². The first-order valence-corrected chi connectivity index (χ1v) is 9.73. The summed E-state index contributed by atoms with van der Waals surface area (Å²) in [5.74, 6) is 1.87. The third-order valence-corrected chi connectivity index (χ3v) is 5.59. The summed E-state index contributed by atoms with van der Waals surface area (Å²) in [6.45, 7) is 1.20. The molecule has 146 valence electrons. The molecule has 1 aliphatic rings. The van der Waals surface area contributed by atoms with Crippen LogP contribution in [0, 0.1) is 0 Å². The number of likely N-dealkylation sites (tertiary alicyclic amines) is 1. The highest BCUT2D eigenvalue weighted by atomic mass is 16.5. The fourth-order valence-electron chi connectivity index (χ4n) is 4.13. The molecule has 0 aliphatic carbocycles. The summed E-state index contributed by atoms with van der Waals surface area (Å²) < 4.78 is 12.6. The molecule has 3 aromatic rings. The first-order valence-electron chi connectivity index (χ1n) is 9.73. The van der Waals surface area contributed by atoms with Crippen molar-refractivity contribution in [2.45, 2.75) is 31.8 Å². The summed E-state index contributed by atoms with van der Waals surface area (Å²) in [6, 6.07) is 16.4. The molecule has 1 saturated heterocycles. The summed E-state index contributed by atoms with van der Waals surface area (Å²) in [5.41, 5.74) is 2.26. The van der Waals surface area contributed by atoms with Crippen LogP contribution in [0.2, 0.25) is 0 Å². The van der Waals surface area contributed by atoms with E-state index in [9.17, 15) is 4.79 Å². The summed E-state index contributed by atoms with van der Waals surface area (Å²) in [6.07, 6.45) is 4.96. The number of methoxy groups -OCH3 is 2. The molecule has 28 heavy (non-hydrogen) atoms. The lowest BCUT2D eigenvalue weighted by atomic mass is 10.0. The van der Waals surface area contributed by atoms with Gasteiger partial charge in [-0.05, 0) is 61.2 Å². The van der Waals surface area contributed by atoms with E-state index < -0.39 is 0 Å². The van der Waals surface area contributed by atoms with Crippen molar-refractivity contribution in [3.63, 3.8) is 0 Å². The van der Waals surface area contributed by atoms with E-state index in [4.69, 9.17) is 9.47 Å². The molecule has 4 rings (SSSR count). The maximum absolute atomic E-state index is 13.1. The van der Waals surface area contributed by atoms with E-state index in [0.29, 0.717) is 6.54 Å². The summed E-state index contributed by atoms with van der Waals surface area (Å²) >= 11 is 0. The number of carbonyl (C=O) groups is 1. The van der Waals surface area contributed by atoms with Crippen molar-refractivity contribution in [3.8, 4) is 11.5 Å². The van der Waals surface area contributed by atoms with E-state index in [2.05, 4.69) is 17.0 Å². The highest BCUT2D eigenvalue weighted by Gasteiger charge is 2.29. The van der Waals surface area contributed by atoms with Gasteiger partial charge in [-0.2, -0.15) is 0 Å². The van der Waals surface area contributed by atoms with Crippen molar-refractivity contribution >= 4 is 16.8 Å². The van der Waals surface area contributed by atoms with E-state index >= 15 is 0 Å². The van der Waals surface area contributed by atoms with Crippen molar-refractivity contribution in [3.05, 3.63) is 60.3 Å². The Morgan fingerprint density at radius 3 is 2.71 bits per heavy atom. The Bertz CT molecular complexity index is 979. The number of ether oxygens (including phenoxy) is 2. The molecule has 1 aliphatic heterocycles. The minimum absolute atomic E-state index is 0.179. The van der Waals surface area contributed by atoms with Gasteiger partial charge < -0.3 is 18.9 Å². The van der Waals surface area contributed by atoms with E-state index in [1.165, 1.54) is 5.56 Å². The number of benzene rings is 2. The van der Waals surface area contributed by atoms with E-state index in [0.717, 1.165) is 48.2 Å². The zero-order valence-electron chi connectivity index (χ0n) is 16.4. The maximum atomic E-state index is 13.1. The largest absolute Gasteiger partial charge is 0.497 e. The molecule has 2 heterocycles. The van der Waals surface area contributed by atoms with Gasteiger partial charge in [0, 0.05) is 29.7 Å². The number of aromatic nitrogens is 1. The molecule has 1 unspecified atom stereocenters. The molecule has 5 nitrogen and oxygen atoms in total. The predicted molar refractivity (Wildman–Crippen MR) is 110 cm³/mol. The van der Waals surface area contributed by atoms with Crippen molar-refractivity contribution in [1.82, 2.24) is 9.47 Å². The third kappa shape index (κ3) is 3.70. The first-order chi connectivity index (χ1) is 13.7. The number of hydrogen-bond acceptors (Lipinski definition) is 3. The van der Waals surface area contributed by atoms with Crippen LogP contribution in [0.4, 0.5) is 0 Å². The Labute approximate surface area is 165 Å². The minimum atomic E-state index is 0.179. The van der Waals surface area contributed by atoms with Crippen LogP contribution in [0.5, 0.6) is 11.5 Å². The van der Waals surface area contributed by atoms with Crippen LogP contribution in [-0.2, 0) is 17.8 Å². The van der Waals surface area contributed by atoms with Crippen LogP contribution in [0.25, 0.3) is 10.9 Å².